The average molecular weight is 692 g/mol. The fourth-order valence-electron chi connectivity index (χ4n) is 7.67. The largest absolute Gasteiger partial charge is 0.447 e. The van der Waals surface area contributed by atoms with Crippen molar-refractivity contribution in [2.24, 2.45) is 5.92 Å². The first kappa shape index (κ1) is 36.5. The minimum absolute atomic E-state index is 0.117. The molecule has 2 saturated heterocycles. The van der Waals surface area contributed by atoms with Gasteiger partial charge >= 0.3 is 6.09 Å². The Hall–Kier alpha value is -3.80. The number of rotatable bonds is 13. The molecule has 3 aliphatic rings. The maximum Gasteiger partial charge on any atom is 0.414 e. The Labute approximate surface area is 290 Å². The standard InChI is InChI=1S/C38H50FN3O6Si/c1-26(2)11-10-12-27(3)17-18-42-32-16-15-30(41-20-22-47-37(41)46)23-31(32)38(36(42)45)28(4)35(49(5,6)39)33(48-38)24-34(44)40(19-21-43)25-29-13-8-7-9-14-29/h7-9,11,13-17,23,28,33,35,43H,10,12,18-22,24-25H2,1-6H3/b27-17+/t28-,33+,35-,38+/m1/s1. The van der Waals surface area contributed by atoms with Crippen LogP contribution in [0.15, 0.2) is 71.8 Å². The van der Waals surface area contributed by atoms with Gasteiger partial charge < -0.3 is 28.5 Å². The molecule has 0 aromatic heterocycles. The van der Waals surface area contributed by atoms with Crippen LogP contribution in [0.1, 0.15) is 58.1 Å². The van der Waals surface area contributed by atoms with Crippen LogP contribution in [-0.4, -0.2) is 75.3 Å². The van der Waals surface area contributed by atoms with E-state index < -0.39 is 37.7 Å². The van der Waals surface area contributed by atoms with Gasteiger partial charge in [0.25, 0.3) is 5.91 Å². The van der Waals surface area contributed by atoms with E-state index in [9.17, 15) is 19.5 Å². The molecule has 1 spiro atoms. The molecule has 0 bridgehead atoms. The zero-order valence-electron chi connectivity index (χ0n) is 29.6. The number of aliphatic hydroxyl groups is 1. The summed E-state index contributed by atoms with van der Waals surface area (Å²) in [6, 6.07) is 14.9. The number of cyclic esters (lactones) is 1. The zero-order valence-corrected chi connectivity index (χ0v) is 30.6. The van der Waals surface area contributed by atoms with Crippen molar-refractivity contribution in [1.29, 1.82) is 0 Å². The van der Waals surface area contributed by atoms with Crippen LogP contribution in [0.25, 0.3) is 0 Å². The van der Waals surface area contributed by atoms with Crippen LogP contribution in [0, 0.1) is 5.92 Å². The van der Waals surface area contributed by atoms with E-state index >= 15 is 4.11 Å². The molecule has 3 heterocycles. The van der Waals surface area contributed by atoms with E-state index in [2.05, 4.69) is 26.8 Å². The highest BCUT2D eigenvalue weighted by Crippen LogP contribution is 2.60. The van der Waals surface area contributed by atoms with Crippen LogP contribution in [-0.2, 0) is 31.2 Å². The van der Waals surface area contributed by atoms with Crippen LogP contribution < -0.4 is 9.80 Å². The summed E-state index contributed by atoms with van der Waals surface area (Å²) in [4.78, 5) is 46.1. The molecular formula is C38H50FN3O6Si. The van der Waals surface area contributed by atoms with Gasteiger partial charge in [-0.25, -0.2) is 4.79 Å². The molecule has 2 aromatic rings. The Morgan fingerprint density at radius 1 is 1.12 bits per heavy atom. The number of fused-ring (bicyclic) bond motifs is 2. The normalized spacial score (nSPS) is 23.7. The fourth-order valence-corrected chi connectivity index (χ4v) is 10.2. The third kappa shape index (κ3) is 7.53. The van der Waals surface area contributed by atoms with Crippen molar-refractivity contribution < 1.29 is 33.1 Å². The first-order valence-corrected chi connectivity index (χ1v) is 20.2. The van der Waals surface area contributed by atoms with Gasteiger partial charge in [-0.3, -0.25) is 14.5 Å². The van der Waals surface area contributed by atoms with E-state index in [1.807, 2.05) is 55.5 Å². The summed E-state index contributed by atoms with van der Waals surface area (Å²) >= 11 is 0. The molecule has 0 unspecified atom stereocenters. The molecule has 0 saturated carbocycles. The van der Waals surface area contributed by atoms with Gasteiger partial charge in [0.05, 0.1) is 31.4 Å². The van der Waals surface area contributed by atoms with Gasteiger partial charge in [0, 0.05) is 42.3 Å². The van der Waals surface area contributed by atoms with Gasteiger partial charge in [-0.2, -0.15) is 0 Å². The Morgan fingerprint density at radius 2 is 1.86 bits per heavy atom. The minimum atomic E-state index is -3.54. The summed E-state index contributed by atoms with van der Waals surface area (Å²) in [6.45, 7) is 12.4. The first-order valence-electron chi connectivity index (χ1n) is 17.3. The highest BCUT2D eigenvalue weighted by molar-refractivity contribution is 6.72. The second-order valence-corrected chi connectivity index (χ2v) is 18.0. The minimum Gasteiger partial charge on any atom is -0.447 e. The number of hydrogen-bond acceptors (Lipinski definition) is 6. The van der Waals surface area contributed by atoms with Crippen molar-refractivity contribution in [3.8, 4) is 0 Å². The number of halogens is 1. The van der Waals surface area contributed by atoms with E-state index in [4.69, 9.17) is 9.47 Å². The zero-order chi connectivity index (χ0) is 35.5. The molecule has 9 nitrogen and oxygen atoms in total. The first-order chi connectivity index (χ1) is 23.3. The van der Waals surface area contributed by atoms with E-state index in [1.165, 1.54) is 10.5 Å². The van der Waals surface area contributed by atoms with Crippen molar-refractivity contribution >= 4 is 37.7 Å². The Morgan fingerprint density at radius 3 is 2.49 bits per heavy atom. The molecule has 4 atom stereocenters. The van der Waals surface area contributed by atoms with Gasteiger partial charge in [-0.15, -0.1) is 0 Å². The van der Waals surface area contributed by atoms with Crippen LogP contribution in [0.2, 0.25) is 18.6 Å². The molecule has 3 aliphatic heterocycles. The van der Waals surface area contributed by atoms with Gasteiger partial charge in [0.15, 0.2) is 5.60 Å². The third-order valence-electron chi connectivity index (χ3n) is 10.0. The fraction of sp³-hybridized carbons (Fsp3) is 0.500. The number of anilines is 2. The number of ether oxygens (including phenoxy) is 2. The number of allylic oxidation sites excluding steroid dienone is 3. The van der Waals surface area contributed by atoms with Gasteiger partial charge in [0.2, 0.25) is 14.3 Å². The molecular weight excluding hydrogens is 642 g/mol. The molecule has 49 heavy (non-hydrogen) atoms. The third-order valence-corrected chi connectivity index (χ3v) is 12.5. The smallest absolute Gasteiger partial charge is 0.414 e. The quantitative estimate of drug-likeness (QED) is 0.140. The van der Waals surface area contributed by atoms with Gasteiger partial charge in [-0.1, -0.05) is 60.6 Å². The van der Waals surface area contributed by atoms with Crippen molar-refractivity contribution in [1.82, 2.24) is 4.90 Å². The van der Waals surface area contributed by atoms with Crippen LogP contribution in [0.5, 0.6) is 0 Å². The molecule has 0 aliphatic carbocycles. The average Bonchev–Trinajstić information content (AvgIpc) is 3.68. The summed E-state index contributed by atoms with van der Waals surface area (Å²) in [5, 5.41) is 9.81. The Kier molecular flexibility index (Phi) is 11.2. The van der Waals surface area contributed by atoms with Crippen molar-refractivity contribution in [3.05, 3.63) is 83.0 Å². The van der Waals surface area contributed by atoms with Crippen molar-refractivity contribution in [3.63, 3.8) is 0 Å². The van der Waals surface area contributed by atoms with E-state index in [0.717, 1.165) is 24.0 Å². The van der Waals surface area contributed by atoms with Crippen molar-refractivity contribution in [2.45, 2.75) is 83.8 Å². The highest BCUT2D eigenvalue weighted by atomic mass is 28.4. The van der Waals surface area contributed by atoms with Crippen LogP contribution in [0.3, 0.4) is 0 Å². The second kappa shape index (κ2) is 15.0. The number of amides is 3. The van der Waals surface area contributed by atoms with Crippen LogP contribution in [0.4, 0.5) is 20.3 Å². The monoisotopic (exact) mass is 691 g/mol. The Balaban J connectivity index is 1.52. The molecule has 11 heteroatoms. The van der Waals surface area contributed by atoms with E-state index in [0.29, 0.717) is 36.6 Å². The maximum absolute atomic E-state index is 16.5. The Bertz CT molecular complexity index is 1600. The summed E-state index contributed by atoms with van der Waals surface area (Å²) in [5.74, 6) is -1.17. The molecule has 3 amide bonds. The van der Waals surface area contributed by atoms with E-state index in [-0.39, 0.29) is 38.0 Å². The summed E-state index contributed by atoms with van der Waals surface area (Å²) in [7, 11) is -3.54. The number of carbonyl (C=O) groups is 3. The summed E-state index contributed by atoms with van der Waals surface area (Å²) < 4.78 is 28.5. The van der Waals surface area contributed by atoms with Crippen molar-refractivity contribution in [2.75, 3.05) is 42.6 Å². The predicted octanol–water partition coefficient (Wildman–Crippen LogP) is 6.87. The van der Waals surface area contributed by atoms with Crippen LogP contribution >= 0.6 is 0 Å². The lowest BCUT2D eigenvalue weighted by molar-refractivity contribution is -0.149. The lowest BCUT2D eigenvalue weighted by Crippen LogP contribution is -2.45. The SMILES string of the molecule is CC(C)=CCC/C(C)=C/CN1C(=O)[C@@]2(O[C@@H](CC(=O)N(CCO)Cc3ccccc3)[C@H]([Si](C)(C)F)[C@H]2C)c2cc(N3CCOC3=O)ccc21. The number of aliphatic hydroxyl groups excluding tert-OH is 1. The summed E-state index contributed by atoms with van der Waals surface area (Å²) in [6.07, 6.45) is 4.53. The molecule has 2 fully saturated rings. The second-order valence-electron chi connectivity index (χ2n) is 14.3. The number of hydrogen-bond donors (Lipinski definition) is 1. The molecule has 2 aromatic carbocycles. The molecule has 5 rings (SSSR count). The number of carbonyl (C=O) groups excluding carboxylic acids is 3. The molecule has 0 radical (unpaired) electrons. The number of benzene rings is 2. The highest BCUT2D eigenvalue weighted by Gasteiger charge is 2.67. The predicted molar refractivity (Wildman–Crippen MR) is 192 cm³/mol. The molecule has 264 valence electrons. The topological polar surface area (TPSA) is 99.6 Å². The lowest BCUT2D eigenvalue weighted by Gasteiger charge is -2.31. The lowest BCUT2D eigenvalue weighted by atomic mass is 9.82. The molecule has 1 N–H and O–H groups in total. The number of nitrogens with zero attached hydrogens (tertiary/aromatic N) is 3. The van der Waals surface area contributed by atoms with Gasteiger partial charge in [0.1, 0.15) is 6.61 Å². The summed E-state index contributed by atoms with van der Waals surface area (Å²) in [5.41, 5.74) is 2.88. The van der Waals surface area contributed by atoms with Gasteiger partial charge in [-0.05, 0) is 70.5 Å². The maximum atomic E-state index is 16.5. The van der Waals surface area contributed by atoms with E-state index in [1.54, 1.807) is 29.0 Å².